The van der Waals surface area contributed by atoms with Crippen LogP contribution in [0.25, 0.3) is 0 Å². The fourth-order valence-electron chi connectivity index (χ4n) is 0.524. The van der Waals surface area contributed by atoms with Gasteiger partial charge in [-0.05, 0) is 12.1 Å². The van der Waals surface area contributed by atoms with E-state index >= 15 is 0 Å². The molecule has 0 unspecified atom stereocenters. The van der Waals surface area contributed by atoms with E-state index in [1.165, 1.54) is 0 Å². The second-order valence-corrected chi connectivity index (χ2v) is 1.81. The number of halogens is 1. The Morgan fingerprint density at radius 3 is 2.27 bits per heavy atom. The molecule has 0 fully saturated rings. The van der Waals surface area contributed by atoms with Crippen LogP contribution >= 0.6 is 8.69 Å². The summed E-state index contributed by atoms with van der Waals surface area (Å²) < 4.78 is 24.0. The normalized spacial score (nSPS) is 8.18. The fraction of sp³-hybridized carbons (Fsp3) is 0.143. The number of alkyl halides is 1. The zero-order valence-electron chi connectivity index (χ0n) is 6.03. The van der Waals surface area contributed by atoms with E-state index in [1.807, 2.05) is 18.2 Å². The summed E-state index contributed by atoms with van der Waals surface area (Å²) in [7, 11) is 0.195. The van der Waals surface area contributed by atoms with Crippen LogP contribution in [0.1, 0.15) is 0 Å². The van der Waals surface area contributed by atoms with Gasteiger partial charge in [-0.2, -0.15) is 0 Å². The van der Waals surface area contributed by atoms with Gasteiger partial charge in [-0.1, -0.05) is 18.2 Å². The monoisotopic (exact) mass is 174 g/mol. The maximum absolute atomic E-state index is 9.85. The highest BCUT2D eigenvalue weighted by molar-refractivity contribution is 7.17. The van der Waals surface area contributed by atoms with E-state index in [4.69, 9.17) is 0 Å². The molecule has 0 saturated carbocycles. The van der Waals surface area contributed by atoms with Gasteiger partial charge in [-0.15, -0.1) is 0 Å². The maximum atomic E-state index is 9.85. The summed E-state index contributed by atoms with van der Waals surface area (Å²) in [4.78, 5) is 0. The average molecular weight is 174 g/mol. The molecule has 0 aliphatic carbocycles. The molecule has 1 aromatic rings. The molecule has 60 valence electrons. The van der Waals surface area contributed by atoms with Crippen LogP contribution in [0.3, 0.4) is 0 Å². The molecule has 0 spiro atoms. The van der Waals surface area contributed by atoms with E-state index in [1.54, 1.807) is 12.1 Å². The van der Waals surface area contributed by atoms with Gasteiger partial charge in [0.25, 0.3) is 0 Å². The van der Waals surface area contributed by atoms with Gasteiger partial charge < -0.3 is 4.52 Å². The standard InChI is InChI=1S/C6H5O2P.CH3F/c7-9-8-6-4-2-1-3-5-6;1-2/h1-5H;1H3. The lowest BCUT2D eigenvalue weighted by atomic mass is 10.3. The minimum atomic E-state index is -0.305. The molecule has 0 aliphatic rings. The summed E-state index contributed by atoms with van der Waals surface area (Å²) in [5.41, 5.74) is 0. The maximum Gasteiger partial charge on any atom is 0.395 e. The molecule has 0 atom stereocenters. The number of para-hydroxylation sites is 1. The van der Waals surface area contributed by atoms with Crippen LogP contribution < -0.4 is 4.52 Å². The van der Waals surface area contributed by atoms with Crippen LogP contribution in [-0.2, 0) is 4.57 Å². The molecule has 0 heterocycles. The zero-order chi connectivity index (χ0) is 8.53. The van der Waals surface area contributed by atoms with Gasteiger partial charge in [0.05, 0.1) is 7.18 Å². The van der Waals surface area contributed by atoms with Crippen molar-refractivity contribution >= 4 is 8.69 Å². The second kappa shape index (κ2) is 7.16. The SMILES string of the molecule is CF.O=POc1ccccc1. The van der Waals surface area contributed by atoms with Crippen molar-refractivity contribution in [2.45, 2.75) is 0 Å². The molecule has 0 N–H and O–H groups in total. The van der Waals surface area contributed by atoms with Crippen molar-refractivity contribution in [2.75, 3.05) is 7.18 Å². The molecule has 0 radical (unpaired) electrons. The zero-order valence-corrected chi connectivity index (χ0v) is 6.92. The molecule has 4 heteroatoms. The first-order chi connectivity index (χ1) is 5.43. The first-order valence-electron chi connectivity index (χ1n) is 2.86. The molecule has 0 aliphatic heterocycles. The Balaban J connectivity index is 0.000000461. The van der Waals surface area contributed by atoms with E-state index < -0.39 is 0 Å². The lowest BCUT2D eigenvalue weighted by molar-refractivity contribution is 0.525. The third-order valence-electron chi connectivity index (χ3n) is 0.886. The highest BCUT2D eigenvalue weighted by Gasteiger charge is 1.85. The van der Waals surface area contributed by atoms with E-state index in [0.29, 0.717) is 12.9 Å². The predicted octanol–water partition coefficient (Wildman–Crippen LogP) is 2.86. The Bertz CT molecular complexity index is 191. The first kappa shape index (κ1) is 10.0. The Kier molecular flexibility index (Phi) is 6.54. The molecule has 11 heavy (non-hydrogen) atoms. The summed E-state index contributed by atoms with van der Waals surface area (Å²) in [5.74, 6) is 0.620. The van der Waals surface area contributed by atoms with E-state index in [0.717, 1.165) is 0 Å². The third-order valence-corrected chi connectivity index (χ3v) is 1.17. The molecular weight excluding hydrogens is 166 g/mol. The summed E-state index contributed by atoms with van der Waals surface area (Å²) in [6, 6.07) is 8.99. The van der Waals surface area contributed by atoms with Crippen molar-refractivity contribution in [3.8, 4) is 5.75 Å². The van der Waals surface area contributed by atoms with Gasteiger partial charge in [0.1, 0.15) is 5.75 Å². The number of hydrogen-bond donors (Lipinski definition) is 0. The minimum Gasteiger partial charge on any atom is -0.408 e. The van der Waals surface area contributed by atoms with Gasteiger partial charge in [0.2, 0.25) is 0 Å². The van der Waals surface area contributed by atoms with Crippen molar-refractivity contribution < 1.29 is 13.5 Å². The summed E-state index contributed by atoms with van der Waals surface area (Å²) >= 11 is 0. The van der Waals surface area contributed by atoms with Crippen LogP contribution in [0.4, 0.5) is 4.39 Å². The fourth-order valence-corrected chi connectivity index (χ4v) is 0.732. The first-order valence-corrected chi connectivity index (χ1v) is 3.59. The molecule has 0 amide bonds. The summed E-state index contributed by atoms with van der Waals surface area (Å²) in [6.07, 6.45) is 0. The molecular formula is C7H8FO2P. The minimum absolute atomic E-state index is 0.305. The second-order valence-electron chi connectivity index (χ2n) is 1.48. The van der Waals surface area contributed by atoms with Crippen molar-refractivity contribution in [3.63, 3.8) is 0 Å². The summed E-state index contributed by atoms with van der Waals surface area (Å²) in [6.45, 7) is 0. The third kappa shape index (κ3) is 4.45. The summed E-state index contributed by atoms with van der Waals surface area (Å²) in [5, 5.41) is 0. The highest BCUT2D eigenvalue weighted by Crippen LogP contribution is 2.12. The topological polar surface area (TPSA) is 26.3 Å². The molecule has 1 rings (SSSR count). The Morgan fingerprint density at radius 1 is 1.27 bits per heavy atom. The highest BCUT2D eigenvalue weighted by atomic mass is 31.1. The number of hydrogen-bond acceptors (Lipinski definition) is 2. The number of rotatable bonds is 2. The van der Waals surface area contributed by atoms with Crippen LogP contribution in [0, 0.1) is 0 Å². The van der Waals surface area contributed by atoms with Crippen LogP contribution in [0.5, 0.6) is 5.75 Å². The van der Waals surface area contributed by atoms with E-state index in [9.17, 15) is 8.96 Å². The van der Waals surface area contributed by atoms with Gasteiger partial charge in [0.15, 0.2) is 0 Å². The Hall–Kier alpha value is -0.950. The van der Waals surface area contributed by atoms with E-state index in [-0.39, 0.29) is 8.69 Å². The largest absolute Gasteiger partial charge is 0.408 e. The van der Waals surface area contributed by atoms with Crippen LogP contribution in [0.2, 0.25) is 0 Å². The molecule has 0 bridgehead atoms. The smallest absolute Gasteiger partial charge is 0.395 e. The van der Waals surface area contributed by atoms with Crippen LogP contribution in [0.15, 0.2) is 30.3 Å². The lowest BCUT2D eigenvalue weighted by Crippen LogP contribution is -1.70. The lowest BCUT2D eigenvalue weighted by Gasteiger charge is -1.90. The van der Waals surface area contributed by atoms with E-state index in [2.05, 4.69) is 4.52 Å². The van der Waals surface area contributed by atoms with Crippen molar-refractivity contribution in [1.82, 2.24) is 0 Å². The van der Waals surface area contributed by atoms with Crippen molar-refractivity contribution in [1.29, 1.82) is 0 Å². The Labute approximate surface area is 66.3 Å². The average Bonchev–Trinajstić information content (AvgIpc) is 2.11. The predicted molar refractivity (Wildman–Crippen MR) is 41.7 cm³/mol. The molecule has 0 saturated heterocycles. The molecule has 1 aromatic carbocycles. The molecule has 2 nitrogen and oxygen atoms in total. The quantitative estimate of drug-likeness (QED) is 0.644. The number of benzene rings is 1. The van der Waals surface area contributed by atoms with Gasteiger partial charge in [0, 0.05) is 0 Å². The van der Waals surface area contributed by atoms with Gasteiger partial charge >= 0.3 is 8.69 Å². The van der Waals surface area contributed by atoms with Crippen molar-refractivity contribution in [3.05, 3.63) is 30.3 Å². The van der Waals surface area contributed by atoms with Gasteiger partial charge in [-0.3, -0.25) is 4.39 Å². The molecule has 0 aromatic heterocycles. The van der Waals surface area contributed by atoms with Gasteiger partial charge in [-0.25, -0.2) is 4.57 Å². The Morgan fingerprint density at radius 2 is 1.82 bits per heavy atom. The van der Waals surface area contributed by atoms with Crippen LogP contribution in [-0.4, -0.2) is 7.18 Å². The van der Waals surface area contributed by atoms with Crippen molar-refractivity contribution in [2.24, 2.45) is 0 Å².